The lowest BCUT2D eigenvalue weighted by atomic mass is 10.0. The molecule has 0 aliphatic carbocycles. The van der Waals surface area contributed by atoms with Gasteiger partial charge in [-0.15, -0.1) is 0 Å². The minimum absolute atomic E-state index is 0.0434. The van der Waals surface area contributed by atoms with Crippen LogP contribution in [0, 0.1) is 0 Å². The lowest BCUT2D eigenvalue weighted by Gasteiger charge is -2.19. The number of methoxy groups -OCH3 is 1. The summed E-state index contributed by atoms with van der Waals surface area (Å²) in [7, 11) is 1.41. The Morgan fingerprint density at radius 1 is 1.35 bits per heavy atom. The van der Waals surface area contributed by atoms with Gasteiger partial charge in [-0.2, -0.15) is 0 Å². The lowest BCUT2D eigenvalue weighted by Crippen LogP contribution is -2.25. The standard InChI is InChI=1S/C16H25NO3/c1-5-9-17-15(11-16(18)19-4)13-7-6-8-14(10-13)20-12(2)3/h6-8,10,12,15,17H,5,9,11H2,1-4H3. The molecule has 0 fully saturated rings. The zero-order chi connectivity index (χ0) is 15.0. The van der Waals surface area contributed by atoms with Crippen LogP contribution in [0.5, 0.6) is 5.75 Å². The second-order valence-corrected chi connectivity index (χ2v) is 5.03. The monoisotopic (exact) mass is 279 g/mol. The molecule has 1 unspecified atom stereocenters. The van der Waals surface area contributed by atoms with E-state index in [1.54, 1.807) is 0 Å². The second kappa shape index (κ2) is 8.59. The molecular weight excluding hydrogens is 254 g/mol. The molecule has 0 spiro atoms. The first-order valence-electron chi connectivity index (χ1n) is 7.13. The van der Waals surface area contributed by atoms with Crippen molar-refractivity contribution >= 4 is 5.97 Å². The Labute approximate surface area is 121 Å². The molecule has 0 heterocycles. The minimum atomic E-state index is -0.214. The van der Waals surface area contributed by atoms with E-state index in [-0.39, 0.29) is 18.1 Å². The van der Waals surface area contributed by atoms with E-state index in [4.69, 9.17) is 9.47 Å². The molecule has 0 saturated heterocycles. The molecule has 1 aromatic rings. The van der Waals surface area contributed by atoms with Crippen LogP contribution >= 0.6 is 0 Å². The van der Waals surface area contributed by atoms with Crippen molar-refractivity contribution in [2.24, 2.45) is 0 Å². The first kappa shape index (κ1) is 16.5. The van der Waals surface area contributed by atoms with Gasteiger partial charge in [-0.25, -0.2) is 0 Å². The Morgan fingerprint density at radius 3 is 2.70 bits per heavy atom. The first-order chi connectivity index (χ1) is 9.56. The summed E-state index contributed by atoms with van der Waals surface area (Å²) in [4.78, 5) is 11.5. The molecule has 0 aliphatic rings. The summed E-state index contributed by atoms with van der Waals surface area (Å²) in [6, 6.07) is 7.82. The molecule has 112 valence electrons. The summed E-state index contributed by atoms with van der Waals surface area (Å²) in [5, 5.41) is 3.38. The van der Waals surface area contributed by atoms with Crippen LogP contribution in [0.2, 0.25) is 0 Å². The minimum Gasteiger partial charge on any atom is -0.491 e. The smallest absolute Gasteiger partial charge is 0.307 e. The van der Waals surface area contributed by atoms with E-state index in [9.17, 15) is 4.79 Å². The van der Waals surface area contributed by atoms with Crippen molar-refractivity contribution in [3.63, 3.8) is 0 Å². The van der Waals surface area contributed by atoms with Gasteiger partial charge in [0, 0.05) is 6.04 Å². The fraction of sp³-hybridized carbons (Fsp3) is 0.562. The van der Waals surface area contributed by atoms with Gasteiger partial charge in [-0.05, 0) is 44.5 Å². The van der Waals surface area contributed by atoms with Gasteiger partial charge in [0.2, 0.25) is 0 Å². The Bertz CT molecular complexity index is 418. The topological polar surface area (TPSA) is 47.6 Å². The van der Waals surface area contributed by atoms with Gasteiger partial charge >= 0.3 is 5.97 Å². The Hall–Kier alpha value is -1.55. The SMILES string of the molecule is CCCNC(CC(=O)OC)c1cccc(OC(C)C)c1. The maximum atomic E-state index is 11.5. The van der Waals surface area contributed by atoms with Crippen LogP contribution in [0.25, 0.3) is 0 Å². The Morgan fingerprint density at radius 2 is 2.10 bits per heavy atom. The quantitative estimate of drug-likeness (QED) is 0.743. The summed E-state index contributed by atoms with van der Waals surface area (Å²) >= 11 is 0. The first-order valence-corrected chi connectivity index (χ1v) is 7.13. The summed E-state index contributed by atoms with van der Waals surface area (Å²) in [5.41, 5.74) is 1.04. The van der Waals surface area contributed by atoms with Crippen molar-refractivity contribution in [2.75, 3.05) is 13.7 Å². The summed E-state index contributed by atoms with van der Waals surface area (Å²) < 4.78 is 10.5. The van der Waals surface area contributed by atoms with Gasteiger partial charge in [-0.3, -0.25) is 4.79 Å². The van der Waals surface area contributed by atoms with Gasteiger partial charge in [0.1, 0.15) is 5.75 Å². The zero-order valence-corrected chi connectivity index (χ0v) is 12.8. The maximum absolute atomic E-state index is 11.5. The van der Waals surface area contributed by atoms with Crippen LogP contribution in [0.15, 0.2) is 24.3 Å². The molecule has 20 heavy (non-hydrogen) atoms. The van der Waals surface area contributed by atoms with Crippen LogP contribution in [0.4, 0.5) is 0 Å². The highest BCUT2D eigenvalue weighted by atomic mass is 16.5. The molecule has 1 rings (SSSR count). The van der Waals surface area contributed by atoms with Gasteiger partial charge in [0.05, 0.1) is 19.6 Å². The molecule has 0 saturated carbocycles. The summed E-state index contributed by atoms with van der Waals surface area (Å²) in [6.07, 6.45) is 1.47. The zero-order valence-electron chi connectivity index (χ0n) is 12.8. The number of hydrogen-bond acceptors (Lipinski definition) is 4. The molecule has 4 heteroatoms. The molecule has 1 atom stereocenters. The largest absolute Gasteiger partial charge is 0.491 e. The molecule has 0 amide bonds. The molecule has 1 aromatic carbocycles. The summed E-state index contributed by atoms with van der Waals surface area (Å²) in [6.45, 7) is 6.94. The average molecular weight is 279 g/mol. The molecule has 0 radical (unpaired) electrons. The van der Waals surface area contributed by atoms with E-state index in [0.717, 1.165) is 24.3 Å². The number of rotatable bonds is 8. The third kappa shape index (κ3) is 5.61. The Kier molecular flexibility index (Phi) is 7.09. The number of carbonyl (C=O) groups is 1. The van der Waals surface area contributed by atoms with Crippen LogP contribution in [-0.4, -0.2) is 25.7 Å². The van der Waals surface area contributed by atoms with Crippen molar-refractivity contribution in [3.05, 3.63) is 29.8 Å². The molecular formula is C16H25NO3. The fourth-order valence-electron chi connectivity index (χ4n) is 1.95. The third-order valence-corrected chi connectivity index (χ3v) is 2.87. The van der Waals surface area contributed by atoms with Crippen molar-refractivity contribution in [2.45, 2.75) is 45.8 Å². The predicted molar refractivity (Wildman–Crippen MR) is 79.9 cm³/mol. The van der Waals surface area contributed by atoms with Crippen molar-refractivity contribution in [3.8, 4) is 5.75 Å². The van der Waals surface area contributed by atoms with E-state index in [1.165, 1.54) is 7.11 Å². The second-order valence-electron chi connectivity index (χ2n) is 5.03. The number of ether oxygens (including phenoxy) is 2. The highest BCUT2D eigenvalue weighted by Crippen LogP contribution is 2.23. The molecule has 1 N–H and O–H groups in total. The van der Waals surface area contributed by atoms with E-state index in [1.807, 2.05) is 38.1 Å². The average Bonchev–Trinajstić information content (AvgIpc) is 2.42. The van der Waals surface area contributed by atoms with Crippen molar-refractivity contribution in [1.29, 1.82) is 0 Å². The highest BCUT2D eigenvalue weighted by molar-refractivity contribution is 5.70. The van der Waals surface area contributed by atoms with Crippen LogP contribution in [0.3, 0.4) is 0 Å². The maximum Gasteiger partial charge on any atom is 0.307 e. The highest BCUT2D eigenvalue weighted by Gasteiger charge is 2.16. The van der Waals surface area contributed by atoms with Gasteiger partial charge in [0.25, 0.3) is 0 Å². The molecule has 0 aromatic heterocycles. The number of esters is 1. The van der Waals surface area contributed by atoms with Crippen LogP contribution < -0.4 is 10.1 Å². The normalized spacial score (nSPS) is 12.2. The fourth-order valence-corrected chi connectivity index (χ4v) is 1.95. The van der Waals surface area contributed by atoms with Gasteiger partial charge < -0.3 is 14.8 Å². The van der Waals surface area contributed by atoms with Crippen LogP contribution in [0.1, 0.15) is 45.2 Å². The number of hydrogen-bond donors (Lipinski definition) is 1. The Balaban J connectivity index is 2.85. The number of carbonyl (C=O) groups excluding carboxylic acids is 1. The van der Waals surface area contributed by atoms with E-state index in [2.05, 4.69) is 12.2 Å². The van der Waals surface area contributed by atoms with Crippen LogP contribution in [-0.2, 0) is 9.53 Å². The van der Waals surface area contributed by atoms with E-state index >= 15 is 0 Å². The number of nitrogens with one attached hydrogen (secondary N) is 1. The van der Waals surface area contributed by atoms with Gasteiger partial charge in [0.15, 0.2) is 0 Å². The van der Waals surface area contributed by atoms with E-state index < -0.39 is 0 Å². The van der Waals surface area contributed by atoms with Crippen molar-refractivity contribution in [1.82, 2.24) is 5.32 Å². The lowest BCUT2D eigenvalue weighted by molar-refractivity contribution is -0.141. The molecule has 4 nitrogen and oxygen atoms in total. The molecule has 0 aliphatic heterocycles. The summed E-state index contributed by atoms with van der Waals surface area (Å²) in [5.74, 6) is 0.611. The number of benzene rings is 1. The molecule has 0 bridgehead atoms. The van der Waals surface area contributed by atoms with Gasteiger partial charge in [-0.1, -0.05) is 19.1 Å². The third-order valence-electron chi connectivity index (χ3n) is 2.87. The predicted octanol–water partition coefficient (Wildman–Crippen LogP) is 3.08. The van der Waals surface area contributed by atoms with Crippen molar-refractivity contribution < 1.29 is 14.3 Å². The van der Waals surface area contributed by atoms with E-state index in [0.29, 0.717) is 6.42 Å².